The normalized spacial score (nSPS) is 17.2. The molecule has 168 valence electrons. The van der Waals surface area contributed by atoms with Crippen LogP contribution in [0.2, 0.25) is 0 Å². The van der Waals surface area contributed by atoms with Crippen molar-refractivity contribution in [2.24, 2.45) is 5.92 Å². The average Bonchev–Trinajstić information content (AvgIpc) is 3.14. The molecule has 10 heteroatoms. The van der Waals surface area contributed by atoms with Crippen LogP contribution in [0.5, 0.6) is 5.75 Å². The van der Waals surface area contributed by atoms with E-state index in [1.165, 1.54) is 12.1 Å². The van der Waals surface area contributed by atoms with Gasteiger partial charge in [0.25, 0.3) is 0 Å². The molecular weight excluding hydrogens is 444 g/mol. The maximum absolute atomic E-state index is 13.4. The molecule has 1 aliphatic heterocycles. The molecule has 7 nitrogen and oxygen atoms in total. The first-order chi connectivity index (χ1) is 14.7. The molecule has 32 heavy (non-hydrogen) atoms. The van der Waals surface area contributed by atoms with E-state index in [-0.39, 0.29) is 48.5 Å². The fourth-order valence-electron chi connectivity index (χ4n) is 3.41. The van der Waals surface area contributed by atoms with E-state index in [4.69, 9.17) is 14.2 Å². The fraction of sp³-hybridized carbons (Fsp3) is 0.455. The number of ether oxygens (including phenoxy) is 3. The Morgan fingerprint density at radius 2 is 2.03 bits per heavy atom. The second-order valence-corrected chi connectivity index (χ2v) is 9.60. The predicted octanol–water partition coefficient (Wildman–Crippen LogP) is 0.916. The van der Waals surface area contributed by atoms with Crippen LogP contribution in [-0.2, 0) is 26.0 Å². The number of H-pyrrole nitrogens is 1. The van der Waals surface area contributed by atoms with Crippen LogP contribution in [0.25, 0.3) is 11.0 Å². The average molecular weight is 472 g/mol. The van der Waals surface area contributed by atoms with E-state index in [1.807, 2.05) is 27.7 Å². The molecule has 3 aromatic rings. The van der Waals surface area contributed by atoms with Crippen LogP contribution in [0.15, 0.2) is 29.6 Å². The van der Waals surface area contributed by atoms with Crippen molar-refractivity contribution in [3.8, 4) is 5.75 Å². The van der Waals surface area contributed by atoms with Gasteiger partial charge in [-0.1, -0.05) is 0 Å². The molecule has 0 amide bonds. The van der Waals surface area contributed by atoms with Gasteiger partial charge in [-0.15, -0.1) is 0 Å². The van der Waals surface area contributed by atoms with E-state index in [2.05, 4.69) is 15.0 Å². The van der Waals surface area contributed by atoms with E-state index < -0.39 is 16.6 Å². The number of nitrogens with one attached hydrogen (secondary N) is 1. The number of nitrogens with zero attached hydrogens (tertiary/aromatic N) is 2. The van der Waals surface area contributed by atoms with Crippen LogP contribution < -0.4 is 34.3 Å². The van der Waals surface area contributed by atoms with Gasteiger partial charge in [-0.3, -0.25) is 9.19 Å². The number of aromatic amines is 1. The summed E-state index contributed by atoms with van der Waals surface area (Å²) in [6.07, 6.45) is 1.72. The summed E-state index contributed by atoms with van der Waals surface area (Å²) in [6, 6.07) is 4.22. The number of pyridine rings is 1. The predicted molar refractivity (Wildman–Crippen MR) is 116 cm³/mol. The summed E-state index contributed by atoms with van der Waals surface area (Å²) < 4.78 is 43.8. The monoisotopic (exact) mass is 471 g/mol. The molecule has 3 heterocycles. The third-order valence-electron chi connectivity index (χ3n) is 5.25. The Bertz CT molecular complexity index is 1130. The molecule has 1 unspecified atom stereocenters. The second kappa shape index (κ2) is 10.3. The van der Waals surface area contributed by atoms with Crippen molar-refractivity contribution in [3.05, 3.63) is 47.0 Å². The van der Waals surface area contributed by atoms with Crippen molar-refractivity contribution in [1.82, 2.24) is 15.0 Å². The summed E-state index contributed by atoms with van der Waals surface area (Å²) in [5.74, 6) is 0.114. The number of rotatable bonds is 6. The van der Waals surface area contributed by atoms with Crippen molar-refractivity contribution in [1.29, 1.82) is 0 Å². The van der Waals surface area contributed by atoms with Gasteiger partial charge in [0.05, 0.1) is 53.1 Å². The molecule has 4 rings (SSSR count). The van der Waals surface area contributed by atoms with Gasteiger partial charge in [0, 0.05) is 23.2 Å². The minimum absolute atomic E-state index is 0. The summed E-state index contributed by atoms with van der Waals surface area (Å²) in [7, 11) is -1.46. The maximum atomic E-state index is 13.4. The van der Waals surface area contributed by atoms with Gasteiger partial charge in [-0.25, -0.2) is 9.37 Å². The minimum atomic E-state index is -1.46. The van der Waals surface area contributed by atoms with Gasteiger partial charge in [0.2, 0.25) is 0 Å². The van der Waals surface area contributed by atoms with Gasteiger partial charge < -0.3 is 20.6 Å². The zero-order valence-corrected chi connectivity index (χ0v) is 21.8. The summed E-state index contributed by atoms with van der Waals surface area (Å²) >= 11 is 0. The number of aromatic nitrogens is 3. The molecule has 0 bridgehead atoms. The third-order valence-corrected chi connectivity index (χ3v) is 6.41. The summed E-state index contributed by atoms with van der Waals surface area (Å²) in [4.78, 5) is 11.7. The molecule has 1 fully saturated rings. The van der Waals surface area contributed by atoms with Crippen LogP contribution in [0.4, 0.5) is 4.39 Å². The smallest absolute Gasteiger partial charge is 1.00 e. The molecule has 1 aliphatic rings. The van der Waals surface area contributed by atoms with E-state index in [0.717, 1.165) is 16.9 Å². The number of halogens is 1. The van der Waals surface area contributed by atoms with Crippen molar-refractivity contribution >= 4 is 21.8 Å². The van der Waals surface area contributed by atoms with Gasteiger partial charge in [0.15, 0.2) is 10.9 Å². The maximum Gasteiger partial charge on any atom is 1.00 e. The van der Waals surface area contributed by atoms with E-state index in [1.54, 1.807) is 12.3 Å². The number of aryl methyl sites for hydroxylation is 1. The number of benzene rings is 1. The first kappa shape index (κ1) is 25.3. The van der Waals surface area contributed by atoms with Gasteiger partial charge in [-0.05, 0) is 45.9 Å². The van der Waals surface area contributed by atoms with Crippen LogP contribution in [-0.4, -0.2) is 44.8 Å². The fourth-order valence-corrected chi connectivity index (χ4v) is 4.51. The van der Waals surface area contributed by atoms with Crippen molar-refractivity contribution in [2.45, 2.75) is 44.4 Å². The topological polar surface area (TPSA) is 86.3 Å². The summed E-state index contributed by atoms with van der Waals surface area (Å²) in [5.41, 5.74) is 3.50. The Morgan fingerprint density at radius 1 is 1.31 bits per heavy atom. The van der Waals surface area contributed by atoms with Crippen molar-refractivity contribution in [3.63, 3.8) is 0 Å². The van der Waals surface area contributed by atoms with Gasteiger partial charge in [0.1, 0.15) is 11.6 Å². The van der Waals surface area contributed by atoms with Crippen molar-refractivity contribution in [2.75, 3.05) is 19.8 Å². The molecule has 0 spiro atoms. The van der Waals surface area contributed by atoms with Crippen molar-refractivity contribution < 1.29 is 53.8 Å². The molecular formula is C22H27FN3NaO4S. The van der Waals surface area contributed by atoms with Crippen LogP contribution in [0.3, 0.4) is 0 Å². The molecule has 0 aliphatic carbocycles. The zero-order valence-electron chi connectivity index (χ0n) is 20.0. The Balaban J connectivity index is 0.00000193. The molecule has 2 aromatic heterocycles. The SMILES string of the molecule is Cc1cnc(CS(=O)c2nc3ccc(F)cc3[nH]2)c(C)c1OCC1COC(C)(C)OC1.[H-].[Na+]. The minimum Gasteiger partial charge on any atom is -1.00 e. The standard InChI is InChI=1S/C22H26FN3O4S.Na.H/c1-13-8-24-19(12-31(27)21-25-17-6-5-16(23)7-18(17)26-21)14(2)20(13)28-9-15-10-29-22(3,4)30-11-15;;/h5-8,15H,9-12H2,1-4H3,(H,25,26);;/q;+1;-1. The number of hydrogen-bond donors (Lipinski definition) is 1. The number of hydrogen-bond acceptors (Lipinski definition) is 6. The van der Waals surface area contributed by atoms with Gasteiger partial charge in [-0.2, -0.15) is 0 Å². The van der Waals surface area contributed by atoms with Crippen LogP contribution in [0.1, 0.15) is 32.1 Å². The molecule has 1 atom stereocenters. The Morgan fingerprint density at radius 3 is 2.75 bits per heavy atom. The molecule has 0 saturated carbocycles. The Hall–Kier alpha value is -1.36. The Kier molecular flexibility index (Phi) is 8.11. The first-order valence-corrected chi connectivity index (χ1v) is 11.4. The van der Waals surface area contributed by atoms with Gasteiger partial charge >= 0.3 is 29.6 Å². The van der Waals surface area contributed by atoms with E-state index in [0.29, 0.717) is 41.7 Å². The van der Waals surface area contributed by atoms with Crippen LogP contribution >= 0.6 is 0 Å². The molecule has 1 aromatic carbocycles. The summed E-state index contributed by atoms with van der Waals surface area (Å²) in [6.45, 7) is 9.23. The molecule has 1 saturated heterocycles. The first-order valence-electron chi connectivity index (χ1n) is 10.1. The third kappa shape index (κ3) is 5.76. The quantitative estimate of drug-likeness (QED) is 0.538. The summed E-state index contributed by atoms with van der Waals surface area (Å²) in [5, 5.41) is 0.295. The molecule has 0 radical (unpaired) electrons. The second-order valence-electron chi connectivity index (χ2n) is 8.23. The zero-order chi connectivity index (χ0) is 22.2. The number of fused-ring (bicyclic) bond motifs is 1. The van der Waals surface area contributed by atoms with Crippen LogP contribution in [0, 0.1) is 25.6 Å². The number of imidazole rings is 1. The van der Waals surface area contributed by atoms with E-state index >= 15 is 0 Å². The van der Waals surface area contributed by atoms with E-state index in [9.17, 15) is 8.60 Å². The Labute approximate surface area is 212 Å². The molecule has 1 N–H and O–H groups in total. The largest absolute Gasteiger partial charge is 1.00 e.